The van der Waals surface area contributed by atoms with E-state index in [1.807, 2.05) is 32.7 Å². The van der Waals surface area contributed by atoms with Crippen LogP contribution in [0.25, 0.3) is 0 Å². The van der Waals surface area contributed by atoms with Crippen molar-refractivity contribution in [2.75, 3.05) is 7.05 Å². The van der Waals surface area contributed by atoms with Crippen molar-refractivity contribution in [3.63, 3.8) is 0 Å². The number of primary amides is 1. The number of aromatic nitrogens is 2. The standard InChI is InChI=1S/C17H26N4O3/c1-6-7-13-19-14(24-20-13)10-21(5)9-11-8-12(16(18)22)23-15(11)17(2,3)4/h8H,6-7,9-10H2,1-5H3,(H2,18,22). The molecule has 7 nitrogen and oxygen atoms in total. The second kappa shape index (κ2) is 7.17. The number of hydrogen-bond acceptors (Lipinski definition) is 6. The third kappa shape index (κ3) is 4.44. The Kier molecular flexibility index (Phi) is 5.43. The molecular weight excluding hydrogens is 308 g/mol. The van der Waals surface area contributed by atoms with E-state index in [0.717, 1.165) is 30.0 Å². The van der Waals surface area contributed by atoms with Crippen LogP contribution in [0, 0.1) is 0 Å². The van der Waals surface area contributed by atoms with E-state index in [1.54, 1.807) is 6.07 Å². The van der Waals surface area contributed by atoms with Crippen molar-refractivity contribution in [1.29, 1.82) is 0 Å². The Morgan fingerprint density at radius 2 is 2.04 bits per heavy atom. The van der Waals surface area contributed by atoms with Crippen molar-refractivity contribution < 1.29 is 13.7 Å². The Morgan fingerprint density at radius 3 is 2.62 bits per heavy atom. The van der Waals surface area contributed by atoms with Crippen molar-refractivity contribution in [3.8, 4) is 0 Å². The van der Waals surface area contributed by atoms with Gasteiger partial charge in [-0.2, -0.15) is 4.98 Å². The van der Waals surface area contributed by atoms with Crippen molar-refractivity contribution in [2.45, 2.75) is 59.0 Å². The molecular formula is C17H26N4O3. The molecule has 0 saturated heterocycles. The third-order valence-electron chi connectivity index (χ3n) is 3.56. The molecule has 0 aromatic carbocycles. The van der Waals surface area contributed by atoms with Gasteiger partial charge in [-0.15, -0.1) is 0 Å². The Bertz CT molecular complexity index is 697. The maximum atomic E-state index is 11.4. The van der Waals surface area contributed by atoms with Crippen LogP contribution in [0.1, 0.15) is 67.7 Å². The van der Waals surface area contributed by atoms with E-state index < -0.39 is 5.91 Å². The highest BCUT2D eigenvalue weighted by molar-refractivity contribution is 5.90. The first-order chi connectivity index (χ1) is 11.2. The fourth-order valence-corrected chi connectivity index (χ4v) is 2.56. The van der Waals surface area contributed by atoms with Gasteiger partial charge in [-0.05, 0) is 19.5 Å². The topological polar surface area (TPSA) is 98.4 Å². The highest BCUT2D eigenvalue weighted by atomic mass is 16.5. The summed E-state index contributed by atoms with van der Waals surface area (Å²) in [5.41, 5.74) is 6.06. The number of rotatable bonds is 7. The minimum absolute atomic E-state index is 0.186. The normalized spacial score (nSPS) is 12.1. The summed E-state index contributed by atoms with van der Waals surface area (Å²) in [6.07, 6.45) is 1.79. The number of amides is 1. The molecule has 0 aliphatic heterocycles. The van der Waals surface area contributed by atoms with Gasteiger partial charge in [0.25, 0.3) is 5.91 Å². The lowest BCUT2D eigenvalue weighted by Crippen LogP contribution is -2.20. The molecule has 7 heteroatoms. The zero-order valence-corrected chi connectivity index (χ0v) is 15.0. The lowest BCUT2D eigenvalue weighted by Gasteiger charge is -2.20. The molecule has 0 aliphatic carbocycles. The molecule has 2 heterocycles. The molecule has 0 atom stereocenters. The number of nitrogens with zero attached hydrogens (tertiary/aromatic N) is 3. The van der Waals surface area contributed by atoms with Crippen LogP contribution in [-0.2, 0) is 24.9 Å². The Balaban J connectivity index is 2.12. The number of carbonyl (C=O) groups is 1. The van der Waals surface area contributed by atoms with Gasteiger partial charge in [0, 0.05) is 23.9 Å². The number of hydrogen-bond donors (Lipinski definition) is 1. The zero-order valence-electron chi connectivity index (χ0n) is 15.0. The summed E-state index contributed by atoms with van der Waals surface area (Å²) >= 11 is 0. The lowest BCUT2D eigenvalue weighted by molar-refractivity contribution is 0.0970. The van der Waals surface area contributed by atoms with Crippen LogP contribution in [0.2, 0.25) is 0 Å². The summed E-state index contributed by atoms with van der Waals surface area (Å²) in [5, 5.41) is 3.96. The van der Waals surface area contributed by atoms with Gasteiger partial charge in [-0.3, -0.25) is 9.69 Å². The fourth-order valence-electron chi connectivity index (χ4n) is 2.56. The van der Waals surface area contributed by atoms with Crippen molar-refractivity contribution in [1.82, 2.24) is 15.0 Å². The van der Waals surface area contributed by atoms with Crippen LogP contribution in [-0.4, -0.2) is 28.0 Å². The number of aryl methyl sites for hydroxylation is 1. The minimum Gasteiger partial charge on any atom is -0.455 e. The molecule has 0 saturated carbocycles. The fraction of sp³-hybridized carbons (Fsp3) is 0.588. The molecule has 0 radical (unpaired) electrons. The van der Waals surface area contributed by atoms with Gasteiger partial charge in [0.1, 0.15) is 5.76 Å². The predicted molar refractivity (Wildman–Crippen MR) is 89.4 cm³/mol. The van der Waals surface area contributed by atoms with Crippen LogP contribution in [0.4, 0.5) is 0 Å². The van der Waals surface area contributed by atoms with Crippen molar-refractivity contribution in [2.24, 2.45) is 5.73 Å². The molecule has 0 aliphatic rings. The van der Waals surface area contributed by atoms with Gasteiger partial charge in [0.2, 0.25) is 5.89 Å². The Labute approximate surface area is 142 Å². The highest BCUT2D eigenvalue weighted by Crippen LogP contribution is 2.29. The van der Waals surface area contributed by atoms with Crippen LogP contribution >= 0.6 is 0 Å². The van der Waals surface area contributed by atoms with Crippen LogP contribution < -0.4 is 5.73 Å². The second-order valence-corrected chi connectivity index (χ2v) is 7.11. The minimum atomic E-state index is -0.560. The maximum Gasteiger partial charge on any atom is 0.284 e. The largest absolute Gasteiger partial charge is 0.455 e. The monoisotopic (exact) mass is 334 g/mol. The van der Waals surface area contributed by atoms with Crippen LogP contribution in [0.5, 0.6) is 0 Å². The molecule has 0 fully saturated rings. The van der Waals surface area contributed by atoms with E-state index in [9.17, 15) is 4.79 Å². The van der Waals surface area contributed by atoms with Gasteiger partial charge < -0.3 is 14.7 Å². The van der Waals surface area contributed by atoms with Gasteiger partial charge in [0.15, 0.2) is 11.6 Å². The van der Waals surface area contributed by atoms with E-state index in [-0.39, 0.29) is 11.2 Å². The first kappa shape index (κ1) is 18.2. The van der Waals surface area contributed by atoms with Crippen LogP contribution in [0.3, 0.4) is 0 Å². The molecule has 1 amide bonds. The quantitative estimate of drug-likeness (QED) is 0.836. The Hall–Kier alpha value is -2.15. The van der Waals surface area contributed by atoms with E-state index in [4.69, 9.17) is 14.7 Å². The molecule has 0 unspecified atom stereocenters. The molecule has 132 valence electrons. The second-order valence-electron chi connectivity index (χ2n) is 7.11. The van der Waals surface area contributed by atoms with Gasteiger partial charge in [-0.25, -0.2) is 0 Å². The summed E-state index contributed by atoms with van der Waals surface area (Å²) < 4.78 is 10.9. The number of carbonyl (C=O) groups excluding carboxylic acids is 1. The SMILES string of the molecule is CCCc1noc(CN(C)Cc2cc(C(N)=O)oc2C(C)(C)C)n1. The number of furan rings is 1. The van der Waals surface area contributed by atoms with E-state index >= 15 is 0 Å². The predicted octanol–water partition coefficient (Wildman–Crippen LogP) is 2.64. The van der Waals surface area contributed by atoms with Crippen LogP contribution in [0.15, 0.2) is 15.0 Å². The molecule has 0 bridgehead atoms. The maximum absolute atomic E-state index is 11.4. The van der Waals surface area contributed by atoms with E-state index in [1.165, 1.54) is 0 Å². The number of nitrogens with two attached hydrogens (primary N) is 1. The molecule has 2 rings (SSSR count). The molecule has 24 heavy (non-hydrogen) atoms. The summed E-state index contributed by atoms with van der Waals surface area (Å²) in [4.78, 5) is 17.8. The summed E-state index contributed by atoms with van der Waals surface area (Å²) in [6.45, 7) is 9.30. The molecule has 2 N–H and O–H groups in total. The Morgan fingerprint density at radius 1 is 1.33 bits per heavy atom. The average Bonchev–Trinajstić information content (AvgIpc) is 3.05. The first-order valence-corrected chi connectivity index (χ1v) is 8.13. The highest BCUT2D eigenvalue weighted by Gasteiger charge is 2.26. The third-order valence-corrected chi connectivity index (χ3v) is 3.56. The van der Waals surface area contributed by atoms with Gasteiger partial charge in [-0.1, -0.05) is 32.9 Å². The lowest BCUT2D eigenvalue weighted by atomic mass is 9.90. The first-order valence-electron chi connectivity index (χ1n) is 8.13. The molecule has 2 aromatic heterocycles. The zero-order chi connectivity index (χ0) is 17.9. The smallest absolute Gasteiger partial charge is 0.284 e. The molecule has 0 spiro atoms. The van der Waals surface area contributed by atoms with E-state index in [2.05, 4.69) is 17.1 Å². The van der Waals surface area contributed by atoms with Crippen molar-refractivity contribution >= 4 is 5.91 Å². The summed E-state index contributed by atoms with van der Waals surface area (Å²) in [7, 11) is 1.95. The summed E-state index contributed by atoms with van der Waals surface area (Å²) in [5.74, 6) is 1.70. The van der Waals surface area contributed by atoms with E-state index in [0.29, 0.717) is 19.0 Å². The van der Waals surface area contributed by atoms with Gasteiger partial charge >= 0.3 is 0 Å². The van der Waals surface area contributed by atoms with Crippen molar-refractivity contribution in [3.05, 3.63) is 34.9 Å². The average molecular weight is 334 g/mol. The molecule has 2 aromatic rings. The summed E-state index contributed by atoms with van der Waals surface area (Å²) in [6, 6.07) is 1.72. The van der Waals surface area contributed by atoms with Gasteiger partial charge in [0.05, 0.1) is 6.54 Å².